The monoisotopic (exact) mass is 350 g/mol. The molecule has 4 aromatic heterocycles. The molecule has 0 aromatic carbocycles. The molecular weight excluding hydrogens is 328 g/mol. The average molecular weight is 350 g/mol. The van der Waals surface area contributed by atoms with Crippen LogP contribution in [0.25, 0.3) is 33.8 Å². The zero-order valence-electron chi connectivity index (χ0n) is 15.9. The van der Waals surface area contributed by atoms with Crippen LogP contribution >= 0.6 is 0 Å². The van der Waals surface area contributed by atoms with E-state index in [-0.39, 0.29) is 0 Å². The van der Waals surface area contributed by atoms with Crippen molar-refractivity contribution in [2.75, 3.05) is 0 Å². The van der Waals surface area contributed by atoms with E-state index in [2.05, 4.69) is 39.2 Å². The summed E-state index contributed by atoms with van der Waals surface area (Å²) in [5, 5.41) is 11.5. The van der Waals surface area contributed by atoms with Crippen molar-refractivity contribution in [3.63, 3.8) is 0 Å². The van der Waals surface area contributed by atoms with Gasteiger partial charge in [0.15, 0.2) is 0 Å². The van der Waals surface area contributed by atoms with E-state index in [1.807, 2.05) is 32.9 Å². The van der Waals surface area contributed by atoms with Crippen LogP contribution in [0.5, 0.6) is 0 Å². The highest BCUT2D eigenvalue weighted by Crippen LogP contribution is 2.29. The van der Waals surface area contributed by atoms with Gasteiger partial charge in [-0.2, -0.15) is 10.1 Å². The smallest absolute Gasteiger partial charge is 0.223 e. The molecule has 1 N–H and O–H groups in total. The van der Waals surface area contributed by atoms with Gasteiger partial charge in [-0.25, -0.2) is 4.98 Å². The van der Waals surface area contributed by atoms with E-state index in [1.165, 1.54) is 0 Å². The summed E-state index contributed by atoms with van der Waals surface area (Å²) in [4.78, 5) is 13.4. The van der Waals surface area contributed by atoms with Gasteiger partial charge in [-0.15, -0.1) is 0 Å². The largest absolute Gasteiger partial charge is 0.339 e. The Hall–Kier alpha value is -3.09. The van der Waals surface area contributed by atoms with Gasteiger partial charge in [-0.3, -0.25) is 10.1 Å². The normalized spacial score (nSPS) is 10.7. The van der Waals surface area contributed by atoms with Crippen molar-refractivity contribution in [2.45, 2.75) is 41.5 Å². The van der Waals surface area contributed by atoms with Gasteiger partial charge < -0.3 is 4.52 Å². The van der Waals surface area contributed by atoms with Crippen molar-refractivity contribution in [3.8, 4) is 22.8 Å². The van der Waals surface area contributed by atoms with Crippen LogP contribution in [0.3, 0.4) is 0 Å². The Kier molecular flexibility index (Phi) is 4.79. The van der Waals surface area contributed by atoms with Crippen LogP contribution in [0.4, 0.5) is 0 Å². The lowest BCUT2D eigenvalue weighted by molar-refractivity contribution is 0.394. The Balaban J connectivity index is 0.000000948. The first-order chi connectivity index (χ1) is 12.5. The van der Waals surface area contributed by atoms with Crippen LogP contribution in [-0.2, 0) is 0 Å². The molecule has 0 unspecified atom stereocenters. The van der Waals surface area contributed by atoms with Gasteiger partial charge in [0, 0.05) is 24.4 Å². The average Bonchev–Trinajstić information content (AvgIpc) is 3.28. The maximum atomic E-state index is 5.05. The zero-order chi connectivity index (χ0) is 18.8. The molecule has 4 rings (SSSR count). The third kappa shape index (κ3) is 2.96. The summed E-state index contributed by atoms with van der Waals surface area (Å²) in [7, 11) is 0. The first kappa shape index (κ1) is 17.7. The highest BCUT2D eigenvalue weighted by Gasteiger charge is 2.16. The lowest BCUT2D eigenvalue weighted by atomic mass is 10.1. The Morgan fingerprint density at radius 3 is 2.42 bits per heavy atom. The summed E-state index contributed by atoms with van der Waals surface area (Å²) in [6.45, 7) is 11.9. The highest BCUT2D eigenvalue weighted by molar-refractivity contribution is 5.91. The Morgan fingerprint density at radius 1 is 0.962 bits per heavy atom. The molecule has 0 amide bonds. The SMILES string of the molecule is CC.Cc1nc(-c2ccnc(-c3[nH]nc4c(C)c(C)c(C)nc34)c2)no1. The van der Waals surface area contributed by atoms with Crippen LogP contribution < -0.4 is 0 Å². The molecule has 26 heavy (non-hydrogen) atoms. The molecule has 0 aliphatic heterocycles. The number of rotatable bonds is 2. The van der Waals surface area contributed by atoms with Crippen molar-refractivity contribution >= 4 is 11.0 Å². The summed E-state index contributed by atoms with van der Waals surface area (Å²) in [6, 6.07) is 3.75. The predicted octanol–water partition coefficient (Wildman–Crippen LogP) is 4.33. The second kappa shape index (κ2) is 7.03. The van der Waals surface area contributed by atoms with E-state index < -0.39 is 0 Å². The number of pyridine rings is 2. The van der Waals surface area contributed by atoms with Crippen LogP contribution in [0.15, 0.2) is 22.9 Å². The first-order valence-corrected chi connectivity index (χ1v) is 8.63. The summed E-state index contributed by atoms with van der Waals surface area (Å²) < 4.78 is 5.05. The number of H-pyrrole nitrogens is 1. The second-order valence-electron chi connectivity index (χ2n) is 5.81. The number of nitrogens with zero attached hydrogens (tertiary/aromatic N) is 5. The molecular formula is C19H22N6O. The molecule has 4 aromatic rings. The minimum Gasteiger partial charge on any atom is -0.339 e. The van der Waals surface area contributed by atoms with Crippen molar-refractivity contribution in [1.29, 1.82) is 0 Å². The van der Waals surface area contributed by atoms with Crippen molar-refractivity contribution in [1.82, 2.24) is 30.3 Å². The highest BCUT2D eigenvalue weighted by atomic mass is 16.5. The number of hydrogen-bond acceptors (Lipinski definition) is 6. The summed E-state index contributed by atoms with van der Waals surface area (Å²) >= 11 is 0. The number of nitrogens with one attached hydrogen (secondary N) is 1. The molecule has 0 saturated heterocycles. The summed E-state index contributed by atoms with van der Waals surface area (Å²) in [6.07, 6.45) is 1.72. The van der Waals surface area contributed by atoms with Gasteiger partial charge in [-0.05, 0) is 44.0 Å². The van der Waals surface area contributed by atoms with Crippen LogP contribution in [-0.4, -0.2) is 30.3 Å². The standard InChI is InChI=1S/C17H16N6O.C2H6/c1-8-9(2)14-16(19-10(8)3)15(22-21-14)13-7-12(5-6-18-13)17-20-11(4)24-23-17;1-2/h5-7H,1-4H3,(H,21,22);1-2H3. The van der Waals surface area contributed by atoms with Crippen molar-refractivity contribution in [3.05, 3.63) is 41.0 Å². The summed E-state index contributed by atoms with van der Waals surface area (Å²) in [5.74, 6) is 1.06. The molecule has 0 bridgehead atoms. The van der Waals surface area contributed by atoms with Crippen LogP contribution in [0, 0.1) is 27.7 Å². The Morgan fingerprint density at radius 2 is 1.73 bits per heavy atom. The molecule has 7 heteroatoms. The molecule has 0 aliphatic rings. The molecule has 0 atom stereocenters. The Labute approximate surface area is 151 Å². The lowest BCUT2D eigenvalue weighted by Gasteiger charge is -2.05. The van der Waals surface area contributed by atoms with E-state index in [1.54, 1.807) is 13.1 Å². The van der Waals surface area contributed by atoms with E-state index >= 15 is 0 Å². The number of aromatic amines is 1. The number of aryl methyl sites for hydroxylation is 3. The molecule has 7 nitrogen and oxygen atoms in total. The topological polar surface area (TPSA) is 93.4 Å². The number of fused-ring (bicyclic) bond motifs is 1. The molecule has 0 saturated carbocycles. The lowest BCUT2D eigenvalue weighted by Crippen LogP contribution is -1.93. The molecule has 0 aliphatic carbocycles. The second-order valence-corrected chi connectivity index (χ2v) is 5.81. The van der Waals surface area contributed by atoms with Crippen molar-refractivity contribution < 1.29 is 4.52 Å². The fraction of sp³-hybridized carbons (Fsp3) is 0.316. The van der Waals surface area contributed by atoms with E-state index in [9.17, 15) is 0 Å². The number of aromatic nitrogens is 6. The van der Waals surface area contributed by atoms with E-state index in [0.717, 1.165) is 44.8 Å². The van der Waals surface area contributed by atoms with Gasteiger partial charge in [0.25, 0.3) is 0 Å². The van der Waals surface area contributed by atoms with Gasteiger partial charge in [-0.1, -0.05) is 19.0 Å². The molecule has 0 radical (unpaired) electrons. The van der Waals surface area contributed by atoms with Gasteiger partial charge in [0.1, 0.15) is 16.7 Å². The zero-order valence-corrected chi connectivity index (χ0v) is 15.9. The van der Waals surface area contributed by atoms with Crippen LogP contribution in [0.1, 0.15) is 36.6 Å². The molecule has 134 valence electrons. The third-order valence-corrected chi connectivity index (χ3v) is 4.28. The van der Waals surface area contributed by atoms with Gasteiger partial charge >= 0.3 is 0 Å². The van der Waals surface area contributed by atoms with Crippen molar-refractivity contribution in [2.24, 2.45) is 0 Å². The third-order valence-electron chi connectivity index (χ3n) is 4.28. The fourth-order valence-electron chi connectivity index (χ4n) is 2.71. The minimum absolute atomic E-state index is 0.527. The van der Waals surface area contributed by atoms with Crippen LogP contribution in [0.2, 0.25) is 0 Å². The maximum absolute atomic E-state index is 5.05. The quantitative estimate of drug-likeness (QED) is 0.578. The van der Waals surface area contributed by atoms with Gasteiger partial charge in [0.2, 0.25) is 11.7 Å². The first-order valence-electron chi connectivity index (χ1n) is 8.63. The molecule has 0 spiro atoms. The Bertz CT molecular complexity index is 1060. The summed E-state index contributed by atoms with van der Waals surface area (Å²) in [5.41, 5.74) is 7.34. The number of hydrogen-bond donors (Lipinski definition) is 1. The molecule has 0 fully saturated rings. The minimum atomic E-state index is 0.527. The molecule has 4 heterocycles. The van der Waals surface area contributed by atoms with E-state index in [0.29, 0.717) is 11.7 Å². The van der Waals surface area contributed by atoms with E-state index in [4.69, 9.17) is 9.51 Å². The maximum Gasteiger partial charge on any atom is 0.223 e. The van der Waals surface area contributed by atoms with Gasteiger partial charge in [0.05, 0.1) is 5.69 Å². The predicted molar refractivity (Wildman–Crippen MR) is 101 cm³/mol. The fourth-order valence-corrected chi connectivity index (χ4v) is 2.71.